The maximum absolute atomic E-state index is 13.1. The Balaban J connectivity index is 1.78. The second-order valence-corrected chi connectivity index (χ2v) is 7.77. The average molecular weight is 455 g/mol. The van der Waals surface area contributed by atoms with Crippen LogP contribution in [0, 0.1) is 13.8 Å². The molecule has 0 bridgehead atoms. The van der Waals surface area contributed by atoms with Gasteiger partial charge in [0.1, 0.15) is 5.57 Å². The maximum atomic E-state index is 13.1. The van der Waals surface area contributed by atoms with E-state index in [9.17, 15) is 14.4 Å². The van der Waals surface area contributed by atoms with E-state index in [-0.39, 0.29) is 16.3 Å². The number of benzene rings is 1. The lowest BCUT2D eigenvalue weighted by molar-refractivity contribution is -0.122. The third-order valence-corrected chi connectivity index (χ3v) is 5.46. The lowest BCUT2D eigenvalue weighted by Crippen LogP contribution is -2.54. The zero-order chi connectivity index (χ0) is 22.3. The normalized spacial score (nSPS) is 15.5. The Morgan fingerprint density at radius 1 is 1.06 bits per heavy atom. The van der Waals surface area contributed by atoms with Gasteiger partial charge in [-0.3, -0.25) is 19.9 Å². The lowest BCUT2D eigenvalue weighted by atomic mass is 10.1. The van der Waals surface area contributed by atoms with Crippen molar-refractivity contribution < 1.29 is 14.4 Å². The van der Waals surface area contributed by atoms with Crippen LogP contribution in [0.3, 0.4) is 0 Å². The van der Waals surface area contributed by atoms with E-state index in [0.717, 1.165) is 22.0 Å². The number of carbonyl (C=O) groups is 3. The highest BCUT2D eigenvalue weighted by molar-refractivity contribution is 6.42. The third kappa shape index (κ3) is 3.73. The smallest absolute Gasteiger partial charge is 0.316 e. The van der Waals surface area contributed by atoms with E-state index in [2.05, 4.69) is 10.3 Å². The molecule has 1 aliphatic heterocycles. The van der Waals surface area contributed by atoms with Crippen molar-refractivity contribution in [2.45, 2.75) is 13.8 Å². The highest BCUT2D eigenvalue weighted by atomic mass is 35.5. The second kappa shape index (κ2) is 8.02. The van der Waals surface area contributed by atoms with Gasteiger partial charge in [0.25, 0.3) is 11.8 Å². The summed E-state index contributed by atoms with van der Waals surface area (Å²) in [5.74, 6) is -1.55. The summed E-state index contributed by atoms with van der Waals surface area (Å²) < 4.78 is 1.96. The number of imide groups is 2. The topological polar surface area (TPSA) is 84.3 Å². The first-order valence-corrected chi connectivity index (χ1v) is 9.99. The molecule has 0 saturated carbocycles. The average Bonchev–Trinajstić information content (AvgIpc) is 3.00. The summed E-state index contributed by atoms with van der Waals surface area (Å²) in [5, 5.41) is 2.66. The molecule has 0 atom stereocenters. The van der Waals surface area contributed by atoms with Gasteiger partial charge in [0.05, 0.1) is 22.6 Å². The zero-order valence-electron chi connectivity index (χ0n) is 16.5. The molecule has 0 radical (unpaired) electrons. The SMILES string of the molecule is Cc1cc(/C=C2\C(=O)NC(=O)N(c3ccc(Cl)cc3Cl)C2=O)c(C)n1-c1cccnc1. The van der Waals surface area contributed by atoms with Crippen LogP contribution < -0.4 is 10.2 Å². The molecule has 1 N–H and O–H groups in total. The van der Waals surface area contributed by atoms with Crippen molar-refractivity contribution in [3.8, 4) is 5.69 Å². The van der Waals surface area contributed by atoms with E-state index in [1.54, 1.807) is 12.4 Å². The largest absolute Gasteiger partial charge is 0.335 e. The number of urea groups is 1. The molecule has 0 spiro atoms. The summed E-state index contributed by atoms with van der Waals surface area (Å²) in [5.41, 5.74) is 3.17. The number of amides is 4. The molecule has 31 heavy (non-hydrogen) atoms. The standard InChI is InChI=1S/C22H16Cl2N4O3/c1-12-8-14(13(2)27(12)16-4-3-7-25-11-16)9-17-20(29)26-22(31)28(21(17)30)19-6-5-15(23)10-18(19)24/h3-11H,1-2H3,(H,26,29,31)/b17-9+. The van der Waals surface area contributed by atoms with Crippen molar-refractivity contribution in [3.63, 3.8) is 0 Å². The van der Waals surface area contributed by atoms with Crippen molar-refractivity contribution in [2.75, 3.05) is 4.90 Å². The van der Waals surface area contributed by atoms with Crippen LogP contribution in [0.25, 0.3) is 11.8 Å². The van der Waals surface area contributed by atoms with E-state index >= 15 is 0 Å². The number of aromatic nitrogens is 2. The number of aryl methyl sites for hydroxylation is 1. The van der Waals surface area contributed by atoms with Crippen molar-refractivity contribution in [1.82, 2.24) is 14.9 Å². The summed E-state index contributed by atoms with van der Waals surface area (Å²) in [4.78, 5) is 43.0. The van der Waals surface area contributed by atoms with Crippen molar-refractivity contribution in [3.05, 3.63) is 81.4 Å². The summed E-state index contributed by atoms with van der Waals surface area (Å²) in [7, 11) is 0. The van der Waals surface area contributed by atoms with Gasteiger partial charge in [0, 0.05) is 22.6 Å². The van der Waals surface area contributed by atoms with Crippen LogP contribution >= 0.6 is 23.2 Å². The fourth-order valence-corrected chi connectivity index (χ4v) is 4.00. The van der Waals surface area contributed by atoms with E-state index in [1.165, 1.54) is 24.3 Å². The molecule has 9 heteroatoms. The molecule has 7 nitrogen and oxygen atoms in total. The number of hydrogen-bond acceptors (Lipinski definition) is 4. The van der Waals surface area contributed by atoms with Crippen molar-refractivity contribution >= 4 is 52.8 Å². The first kappa shape index (κ1) is 20.8. The number of nitrogens with zero attached hydrogens (tertiary/aromatic N) is 3. The predicted molar refractivity (Wildman–Crippen MR) is 119 cm³/mol. The highest BCUT2D eigenvalue weighted by Gasteiger charge is 2.38. The van der Waals surface area contributed by atoms with Gasteiger partial charge in [0.2, 0.25) is 0 Å². The van der Waals surface area contributed by atoms with Gasteiger partial charge < -0.3 is 4.57 Å². The lowest BCUT2D eigenvalue weighted by Gasteiger charge is -2.27. The zero-order valence-corrected chi connectivity index (χ0v) is 18.0. The van der Waals surface area contributed by atoms with Gasteiger partial charge in [-0.25, -0.2) is 9.69 Å². The van der Waals surface area contributed by atoms with Gasteiger partial charge in [-0.2, -0.15) is 0 Å². The van der Waals surface area contributed by atoms with Gasteiger partial charge in [-0.15, -0.1) is 0 Å². The highest BCUT2D eigenvalue weighted by Crippen LogP contribution is 2.32. The van der Waals surface area contributed by atoms with Gasteiger partial charge in [-0.05, 0) is 61.9 Å². The third-order valence-electron chi connectivity index (χ3n) is 4.93. The van der Waals surface area contributed by atoms with Crippen LogP contribution in [0.2, 0.25) is 10.0 Å². The molecular weight excluding hydrogens is 439 g/mol. The number of pyridine rings is 1. The minimum Gasteiger partial charge on any atom is -0.316 e. The van der Waals surface area contributed by atoms with Crippen LogP contribution in [0.15, 0.2) is 54.4 Å². The summed E-state index contributed by atoms with van der Waals surface area (Å²) in [6.07, 6.45) is 4.87. The quantitative estimate of drug-likeness (QED) is 0.467. The number of halogens is 2. The molecule has 2 aromatic heterocycles. The maximum Gasteiger partial charge on any atom is 0.335 e. The summed E-state index contributed by atoms with van der Waals surface area (Å²) in [6, 6.07) is 9.08. The summed E-state index contributed by atoms with van der Waals surface area (Å²) in [6.45, 7) is 3.78. The van der Waals surface area contributed by atoms with Crippen LogP contribution in [0.5, 0.6) is 0 Å². The number of carbonyl (C=O) groups excluding carboxylic acids is 3. The van der Waals surface area contributed by atoms with Gasteiger partial charge >= 0.3 is 6.03 Å². The second-order valence-electron chi connectivity index (χ2n) is 6.93. The minimum atomic E-state index is -0.878. The van der Waals surface area contributed by atoms with Crippen LogP contribution in [-0.2, 0) is 9.59 Å². The number of barbiturate groups is 1. The first-order chi connectivity index (χ1) is 14.8. The predicted octanol–water partition coefficient (Wildman–Crippen LogP) is 4.46. The first-order valence-electron chi connectivity index (χ1n) is 9.24. The van der Waals surface area contributed by atoms with Crippen molar-refractivity contribution in [1.29, 1.82) is 0 Å². The number of anilines is 1. The number of hydrogen-bond donors (Lipinski definition) is 1. The summed E-state index contributed by atoms with van der Waals surface area (Å²) >= 11 is 12.1. The molecule has 1 aromatic carbocycles. The Morgan fingerprint density at radius 3 is 2.52 bits per heavy atom. The Hall–Kier alpha value is -3.42. The van der Waals surface area contributed by atoms with Gasteiger partial charge in [0.15, 0.2) is 0 Å². The molecular formula is C22H16Cl2N4O3. The number of rotatable bonds is 3. The van der Waals surface area contributed by atoms with Crippen LogP contribution in [0.1, 0.15) is 17.0 Å². The molecule has 1 aliphatic rings. The van der Waals surface area contributed by atoms with Crippen molar-refractivity contribution in [2.24, 2.45) is 0 Å². The van der Waals surface area contributed by atoms with E-state index < -0.39 is 17.8 Å². The molecule has 0 unspecified atom stereocenters. The van der Waals surface area contributed by atoms with Crippen LogP contribution in [-0.4, -0.2) is 27.4 Å². The molecule has 3 aromatic rings. The number of nitrogens with one attached hydrogen (secondary N) is 1. The van der Waals surface area contributed by atoms with E-state index in [0.29, 0.717) is 10.6 Å². The molecule has 1 fully saturated rings. The minimum absolute atomic E-state index is 0.111. The fourth-order valence-electron chi connectivity index (χ4n) is 3.51. The van der Waals surface area contributed by atoms with Gasteiger partial charge in [-0.1, -0.05) is 23.2 Å². The van der Waals surface area contributed by atoms with Crippen LogP contribution in [0.4, 0.5) is 10.5 Å². The molecule has 4 amide bonds. The van der Waals surface area contributed by atoms with E-state index in [1.807, 2.05) is 36.6 Å². The Kier molecular flexibility index (Phi) is 5.39. The van der Waals surface area contributed by atoms with E-state index in [4.69, 9.17) is 23.2 Å². The Morgan fingerprint density at radius 2 is 1.84 bits per heavy atom. The Bertz CT molecular complexity index is 1270. The molecule has 0 aliphatic carbocycles. The molecule has 3 heterocycles. The monoisotopic (exact) mass is 454 g/mol. The Labute approximate surface area is 187 Å². The molecule has 1 saturated heterocycles. The fraction of sp³-hybridized carbons (Fsp3) is 0.0909. The molecule has 4 rings (SSSR count). The molecule has 156 valence electrons.